The number of nitrogen functional groups attached to an aromatic ring is 1. The summed E-state index contributed by atoms with van der Waals surface area (Å²) in [6.07, 6.45) is 6.17. The van der Waals surface area contributed by atoms with Crippen LogP contribution in [-0.4, -0.2) is 6.10 Å². The Bertz CT molecular complexity index is 354. The molecule has 0 bridgehead atoms. The summed E-state index contributed by atoms with van der Waals surface area (Å²) in [5, 5.41) is 0. The van der Waals surface area contributed by atoms with Gasteiger partial charge in [0, 0.05) is 11.3 Å². The molecular weight excluding hydrogens is 229 g/mol. The lowest BCUT2D eigenvalue weighted by Crippen LogP contribution is -2.09. The average Bonchev–Trinajstić information content (AvgIpc) is 2.33. The third-order valence-corrected chi connectivity index (χ3v) is 3.06. The lowest BCUT2D eigenvalue weighted by molar-refractivity contribution is 0.0443. The molecule has 2 nitrogen and oxygen atoms in total. The van der Waals surface area contributed by atoms with E-state index in [9.17, 15) is 4.39 Å². The average molecular weight is 253 g/mol. The third kappa shape index (κ3) is 5.50. The zero-order valence-electron chi connectivity index (χ0n) is 11.4. The Morgan fingerprint density at radius 3 is 2.72 bits per heavy atom. The Kier molecular flexibility index (Phi) is 6.73. The molecule has 1 aromatic rings. The van der Waals surface area contributed by atoms with Gasteiger partial charge in [-0.15, -0.1) is 0 Å². The minimum Gasteiger partial charge on any atom is -0.399 e. The van der Waals surface area contributed by atoms with Gasteiger partial charge in [-0.2, -0.15) is 0 Å². The van der Waals surface area contributed by atoms with Gasteiger partial charge in [0.1, 0.15) is 5.82 Å². The molecule has 0 fully saturated rings. The SMILES string of the molecule is CCCCCCC(C)OCc1ccc(N)cc1F. The van der Waals surface area contributed by atoms with Crippen molar-refractivity contribution < 1.29 is 9.13 Å². The zero-order valence-corrected chi connectivity index (χ0v) is 11.4. The topological polar surface area (TPSA) is 35.2 Å². The van der Waals surface area contributed by atoms with Crippen LogP contribution in [0.3, 0.4) is 0 Å². The molecule has 0 aliphatic rings. The van der Waals surface area contributed by atoms with Crippen molar-refractivity contribution in [3.8, 4) is 0 Å². The second-order valence-corrected chi connectivity index (χ2v) is 4.82. The van der Waals surface area contributed by atoms with Gasteiger partial charge in [-0.25, -0.2) is 4.39 Å². The molecule has 0 saturated heterocycles. The van der Waals surface area contributed by atoms with E-state index in [0.29, 0.717) is 17.9 Å². The van der Waals surface area contributed by atoms with Crippen LogP contribution in [-0.2, 0) is 11.3 Å². The predicted octanol–water partition coefficient (Wildman–Crippen LogP) is 4.28. The van der Waals surface area contributed by atoms with Gasteiger partial charge in [0.15, 0.2) is 0 Å². The quantitative estimate of drug-likeness (QED) is 0.554. The van der Waals surface area contributed by atoms with Crippen LogP contribution in [0.4, 0.5) is 10.1 Å². The smallest absolute Gasteiger partial charge is 0.130 e. The van der Waals surface area contributed by atoms with Gasteiger partial charge in [0.25, 0.3) is 0 Å². The lowest BCUT2D eigenvalue weighted by atomic mass is 10.1. The normalized spacial score (nSPS) is 12.6. The molecule has 2 N–H and O–H groups in total. The van der Waals surface area contributed by atoms with Crippen molar-refractivity contribution in [2.75, 3.05) is 5.73 Å². The van der Waals surface area contributed by atoms with E-state index in [0.717, 1.165) is 6.42 Å². The van der Waals surface area contributed by atoms with Gasteiger partial charge in [-0.05, 0) is 25.5 Å². The fraction of sp³-hybridized carbons (Fsp3) is 0.600. The number of benzene rings is 1. The fourth-order valence-corrected chi connectivity index (χ4v) is 1.85. The first kappa shape index (κ1) is 15.0. The second kappa shape index (κ2) is 8.09. The standard InChI is InChI=1S/C15H24FNO/c1-3-4-5-6-7-12(2)18-11-13-8-9-14(17)10-15(13)16/h8-10,12H,3-7,11,17H2,1-2H3. The highest BCUT2D eigenvalue weighted by atomic mass is 19.1. The number of hydrogen-bond acceptors (Lipinski definition) is 2. The Balaban J connectivity index is 2.27. The summed E-state index contributed by atoms with van der Waals surface area (Å²) in [7, 11) is 0. The molecule has 0 radical (unpaired) electrons. The van der Waals surface area contributed by atoms with E-state index in [-0.39, 0.29) is 11.9 Å². The maximum Gasteiger partial charge on any atom is 0.130 e. The number of unbranched alkanes of at least 4 members (excludes halogenated alkanes) is 3. The van der Waals surface area contributed by atoms with Crippen molar-refractivity contribution in [3.63, 3.8) is 0 Å². The summed E-state index contributed by atoms with van der Waals surface area (Å²) in [4.78, 5) is 0. The molecule has 0 spiro atoms. The minimum atomic E-state index is -0.284. The second-order valence-electron chi connectivity index (χ2n) is 4.82. The first-order valence-corrected chi connectivity index (χ1v) is 6.79. The Morgan fingerprint density at radius 2 is 2.06 bits per heavy atom. The van der Waals surface area contributed by atoms with E-state index in [4.69, 9.17) is 10.5 Å². The van der Waals surface area contributed by atoms with Crippen LogP contribution in [0.1, 0.15) is 51.5 Å². The monoisotopic (exact) mass is 253 g/mol. The molecule has 1 rings (SSSR count). The molecule has 102 valence electrons. The summed E-state index contributed by atoms with van der Waals surface area (Å²) < 4.78 is 19.1. The summed E-state index contributed by atoms with van der Waals surface area (Å²) >= 11 is 0. The van der Waals surface area contributed by atoms with Crippen molar-refractivity contribution in [3.05, 3.63) is 29.6 Å². The van der Waals surface area contributed by atoms with Crippen molar-refractivity contribution in [2.24, 2.45) is 0 Å². The minimum absolute atomic E-state index is 0.179. The highest BCUT2D eigenvalue weighted by Gasteiger charge is 2.06. The van der Waals surface area contributed by atoms with Crippen LogP contribution in [0.25, 0.3) is 0 Å². The highest BCUT2D eigenvalue weighted by Crippen LogP contribution is 2.15. The van der Waals surface area contributed by atoms with E-state index >= 15 is 0 Å². The van der Waals surface area contributed by atoms with Crippen LogP contribution >= 0.6 is 0 Å². The van der Waals surface area contributed by atoms with Crippen LogP contribution < -0.4 is 5.73 Å². The van der Waals surface area contributed by atoms with Gasteiger partial charge in [-0.3, -0.25) is 0 Å². The van der Waals surface area contributed by atoms with E-state index in [1.54, 1.807) is 12.1 Å². The number of ether oxygens (including phenoxy) is 1. The summed E-state index contributed by atoms with van der Waals surface area (Å²) in [6.45, 7) is 4.56. The lowest BCUT2D eigenvalue weighted by Gasteiger charge is -2.13. The largest absolute Gasteiger partial charge is 0.399 e. The van der Waals surface area contributed by atoms with Crippen LogP contribution in [0.15, 0.2) is 18.2 Å². The summed E-state index contributed by atoms with van der Waals surface area (Å²) in [6, 6.07) is 4.73. The maximum atomic E-state index is 13.5. The number of hydrogen-bond donors (Lipinski definition) is 1. The molecular formula is C15H24FNO. The number of nitrogens with two attached hydrogens (primary N) is 1. The van der Waals surface area contributed by atoms with E-state index in [1.165, 1.54) is 31.7 Å². The van der Waals surface area contributed by atoms with Crippen molar-refractivity contribution in [1.29, 1.82) is 0 Å². The third-order valence-electron chi connectivity index (χ3n) is 3.06. The van der Waals surface area contributed by atoms with Gasteiger partial charge in [0.2, 0.25) is 0 Å². The first-order chi connectivity index (χ1) is 8.63. The molecule has 0 aliphatic carbocycles. The fourth-order valence-electron chi connectivity index (χ4n) is 1.85. The molecule has 0 amide bonds. The Morgan fingerprint density at radius 1 is 1.28 bits per heavy atom. The molecule has 3 heteroatoms. The number of anilines is 1. The van der Waals surface area contributed by atoms with Gasteiger partial charge in [0.05, 0.1) is 12.7 Å². The first-order valence-electron chi connectivity index (χ1n) is 6.79. The number of halogens is 1. The molecule has 1 aromatic carbocycles. The molecule has 0 saturated carbocycles. The van der Waals surface area contributed by atoms with Crippen LogP contribution in [0.2, 0.25) is 0 Å². The van der Waals surface area contributed by atoms with Gasteiger partial charge >= 0.3 is 0 Å². The van der Waals surface area contributed by atoms with E-state index in [2.05, 4.69) is 6.92 Å². The van der Waals surface area contributed by atoms with Gasteiger partial charge < -0.3 is 10.5 Å². The van der Waals surface area contributed by atoms with Crippen LogP contribution in [0, 0.1) is 5.82 Å². The highest BCUT2D eigenvalue weighted by molar-refractivity contribution is 5.40. The van der Waals surface area contributed by atoms with Gasteiger partial charge in [-0.1, -0.05) is 38.7 Å². The molecule has 0 heterocycles. The number of rotatable bonds is 8. The molecule has 0 aliphatic heterocycles. The zero-order chi connectivity index (χ0) is 13.4. The molecule has 18 heavy (non-hydrogen) atoms. The molecule has 1 atom stereocenters. The Labute approximate surface area is 109 Å². The van der Waals surface area contributed by atoms with E-state index in [1.807, 2.05) is 6.92 Å². The van der Waals surface area contributed by atoms with Crippen molar-refractivity contribution in [1.82, 2.24) is 0 Å². The molecule has 1 unspecified atom stereocenters. The van der Waals surface area contributed by atoms with Crippen molar-refractivity contribution in [2.45, 2.75) is 58.7 Å². The van der Waals surface area contributed by atoms with Crippen molar-refractivity contribution >= 4 is 5.69 Å². The van der Waals surface area contributed by atoms with E-state index < -0.39 is 0 Å². The van der Waals surface area contributed by atoms with Crippen LogP contribution in [0.5, 0.6) is 0 Å². The summed E-state index contributed by atoms with van der Waals surface area (Å²) in [5.41, 5.74) is 6.52. The predicted molar refractivity (Wildman–Crippen MR) is 73.8 cm³/mol. The Hall–Kier alpha value is -1.09. The maximum absolute atomic E-state index is 13.5. The molecule has 0 aromatic heterocycles. The summed E-state index contributed by atoms with van der Waals surface area (Å²) in [5.74, 6) is -0.284.